The third kappa shape index (κ3) is 4.20. The maximum atomic E-state index is 11.8. The Balaban J connectivity index is 2.60. The Morgan fingerprint density at radius 3 is 2.28 bits per heavy atom. The van der Waals surface area contributed by atoms with Gasteiger partial charge in [-0.1, -0.05) is 19.3 Å². The van der Waals surface area contributed by atoms with Crippen molar-refractivity contribution < 1.29 is 19.4 Å². The van der Waals surface area contributed by atoms with Crippen molar-refractivity contribution in [3.63, 3.8) is 0 Å². The number of nitrogens with zero attached hydrogens (tertiary/aromatic N) is 1. The molecule has 5 nitrogen and oxygen atoms in total. The molecule has 0 radical (unpaired) electrons. The van der Waals surface area contributed by atoms with Crippen molar-refractivity contribution in [2.75, 3.05) is 7.05 Å². The van der Waals surface area contributed by atoms with Gasteiger partial charge in [0, 0.05) is 7.05 Å². The zero-order valence-electron chi connectivity index (χ0n) is 11.6. The molecule has 5 heteroatoms. The zero-order valence-corrected chi connectivity index (χ0v) is 11.6. The number of hydrogen-bond donors (Lipinski definition) is 1. The van der Waals surface area contributed by atoms with E-state index in [1.54, 1.807) is 20.8 Å². The average Bonchev–Trinajstić information content (AvgIpc) is 2.11. The summed E-state index contributed by atoms with van der Waals surface area (Å²) in [4.78, 5) is 24.3. The van der Waals surface area contributed by atoms with E-state index in [9.17, 15) is 14.7 Å². The smallest absolute Gasteiger partial charge is 0.410 e. The van der Waals surface area contributed by atoms with Crippen LogP contribution in [0.4, 0.5) is 4.79 Å². The van der Waals surface area contributed by atoms with E-state index in [2.05, 4.69) is 0 Å². The van der Waals surface area contributed by atoms with Crippen LogP contribution in [0.2, 0.25) is 0 Å². The summed E-state index contributed by atoms with van der Waals surface area (Å²) in [5, 5.41) is 9.21. The first-order valence-electron chi connectivity index (χ1n) is 6.39. The second kappa shape index (κ2) is 5.59. The van der Waals surface area contributed by atoms with Crippen LogP contribution in [0.15, 0.2) is 0 Å². The second-order valence-electron chi connectivity index (χ2n) is 5.98. The van der Waals surface area contributed by atoms with E-state index >= 15 is 0 Å². The van der Waals surface area contributed by atoms with E-state index in [-0.39, 0.29) is 0 Å². The number of ether oxygens (including phenoxy) is 1. The maximum absolute atomic E-state index is 11.8. The van der Waals surface area contributed by atoms with Crippen LogP contribution in [0.5, 0.6) is 0 Å². The molecule has 18 heavy (non-hydrogen) atoms. The van der Waals surface area contributed by atoms with Gasteiger partial charge >= 0.3 is 12.1 Å². The predicted molar refractivity (Wildman–Crippen MR) is 67.4 cm³/mol. The van der Waals surface area contributed by atoms with Gasteiger partial charge in [-0.05, 0) is 33.1 Å². The van der Waals surface area contributed by atoms with Gasteiger partial charge in [0.15, 0.2) is 0 Å². The number of likely N-dealkylation sites (N-methyl/N-ethyl adjacent to an activating group) is 1. The molecular weight excluding hydrogens is 234 g/mol. The van der Waals surface area contributed by atoms with Crippen LogP contribution in [-0.4, -0.2) is 40.8 Å². The molecule has 1 saturated carbocycles. The van der Waals surface area contributed by atoms with Crippen molar-refractivity contribution in [3.8, 4) is 0 Å². The molecule has 1 fully saturated rings. The summed E-state index contributed by atoms with van der Waals surface area (Å²) in [5.41, 5.74) is -0.606. The fourth-order valence-corrected chi connectivity index (χ4v) is 1.93. The first-order chi connectivity index (χ1) is 8.20. The van der Waals surface area contributed by atoms with Crippen molar-refractivity contribution in [3.05, 3.63) is 0 Å². The topological polar surface area (TPSA) is 66.8 Å². The molecule has 0 bridgehead atoms. The summed E-state index contributed by atoms with van der Waals surface area (Å²) in [5.74, 6) is -0.536. The Bertz CT molecular complexity index is 317. The van der Waals surface area contributed by atoms with E-state index in [0.29, 0.717) is 12.3 Å². The molecule has 1 aliphatic carbocycles. The van der Waals surface area contributed by atoms with Gasteiger partial charge in [0.2, 0.25) is 0 Å². The van der Waals surface area contributed by atoms with Crippen LogP contribution < -0.4 is 0 Å². The quantitative estimate of drug-likeness (QED) is 0.840. The van der Waals surface area contributed by atoms with Gasteiger partial charge in [0.05, 0.1) is 0 Å². The highest BCUT2D eigenvalue weighted by Gasteiger charge is 2.33. The molecule has 1 unspecified atom stereocenters. The standard InChI is InChI=1S/C13H23NO4/c1-13(2,3)18-12(17)14(4)10(11(15)16)8-9-6-5-7-9/h9-10H,5-8H2,1-4H3,(H,15,16). The first-order valence-corrected chi connectivity index (χ1v) is 6.39. The molecule has 1 amide bonds. The molecule has 0 aromatic heterocycles. The Kier molecular flexibility index (Phi) is 4.59. The van der Waals surface area contributed by atoms with E-state index < -0.39 is 23.7 Å². The third-order valence-electron chi connectivity index (χ3n) is 3.22. The number of carboxylic acid groups (broad SMARTS) is 1. The molecule has 1 aliphatic rings. The van der Waals surface area contributed by atoms with Crippen LogP contribution >= 0.6 is 0 Å². The number of rotatable bonds is 4. The monoisotopic (exact) mass is 257 g/mol. The molecule has 0 heterocycles. The van der Waals surface area contributed by atoms with Gasteiger partial charge < -0.3 is 9.84 Å². The van der Waals surface area contributed by atoms with Crippen molar-refractivity contribution in [1.82, 2.24) is 4.90 Å². The molecule has 1 atom stereocenters. The summed E-state index contributed by atoms with van der Waals surface area (Å²) >= 11 is 0. The van der Waals surface area contributed by atoms with Crippen LogP contribution in [0.3, 0.4) is 0 Å². The lowest BCUT2D eigenvalue weighted by Crippen LogP contribution is -2.46. The number of amides is 1. The number of aliphatic carboxylic acids is 1. The fourth-order valence-electron chi connectivity index (χ4n) is 1.93. The van der Waals surface area contributed by atoms with Crippen LogP contribution in [0, 0.1) is 5.92 Å². The van der Waals surface area contributed by atoms with Gasteiger partial charge in [-0.15, -0.1) is 0 Å². The molecule has 0 aromatic carbocycles. The lowest BCUT2D eigenvalue weighted by atomic mass is 9.80. The molecule has 0 aliphatic heterocycles. The van der Waals surface area contributed by atoms with Crippen molar-refractivity contribution in [2.24, 2.45) is 5.92 Å². The van der Waals surface area contributed by atoms with Crippen LogP contribution in [0.25, 0.3) is 0 Å². The van der Waals surface area contributed by atoms with Gasteiger partial charge in [0.25, 0.3) is 0 Å². The van der Waals surface area contributed by atoms with E-state index in [0.717, 1.165) is 19.3 Å². The summed E-state index contributed by atoms with van der Waals surface area (Å²) < 4.78 is 5.19. The van der Waals surface area contributed by atoms with E-state index in [1.165, 1.54) is 11.9 Å². The molecule has 0 saturated heterocycles. The summed E-state index contributed by atoms with van der Waals surface area (Å²) in [7, 11) is 1.49. The maximum Gasteiger partial charge on any atom is 0.410 e. The number of carbonyl (C=O) groups is 2. The minimum absolute atomic E-state index is 0.427. The largest absolute Gasteiger partial charge is 0.480 e. The summed E-state index contributed by atoms with van der Waals surface area (Å²) in [6.07, 6.45) is 3.23. The number of hydrogen-bond acceptors (Lipinski definition) is 3. The molecule has 0 aromatic rings. The van der Waals surface area contributed by atoms with Gasteiger partial charge in [-0.25, -0.2) is 9.59 Å². The first kappa shape index (κ1) is 14.8. The zero-order chi connectivity index (χ0) is 13.9. The minimum Gasteiger partial charge on any atom is -0.480 e. The van der Waals surface area contributed by atoms with E-state index in [4.69, 9.17) is 4.74 Å². The SMILES string of the molecule is CN(C(=O)OC(C)(C)C)C(CC1CCC1)C(=O)O. The number of carboxylic acids is 1. The van der Waals surface area contributed by atoms with Crippen molar-refractivity contribution in [2.45, 2.75) is 58.1 Å². The highest BCUT2D eigenvalue weighted by atomic mass is 16.6. The molecule has 104 valence electrons. The number of carbonyl (C=O) groups excluding carboxylic acids is 1. The van der Waals surface area contributed by atoms with Crippen molar-refractivity contribution in [1.29, 1.82) is 0 Å². The second-order valence-corrected chi connectivity index (χ2v) is 5.98. The lowest BCUT2D eigenvalue weighted by molar-refractivity contribution is -0.143. The Hall–Kier alpha value is -1.26. The highest BCUT2D eigenvalue weighted by Crippen LogP contribution is 2.31. The normalized spacial score (nSPS) is 17.8. The lowest BCUT2D eigenvalue weighted by Gasteiger charge is -2.33. The molecule has 1 N–H and O–H groups in total. The molecule has 0 spiro atoms. The predicted octanol–water partition coefficient (Wildman–Crippen LogP) is 2.50. The average molecular weight is 257 g/mol. The summed E-state index contributed by atoms with van der Waals surface area (Å²) in [6, 6.07) is -0.787. The van der Waals surface area contributed by atoms with Gasteiger partial charge in [-0.3, -0.25) is 4.90 Å². The van der Waals surface area contributed by atoms with E-state index in [1.807, 2.05) is 0 Å². The van der Waals surface area contributed by atoms with Gasteiger partial charge in [-0.2, -0.15) is 0 Å². The summed E-state index contributed by atoms with van der Waals surface area (Å²) in [6.45, 7) is 5.29. The van der Waals surface area contributed by atoms with Gasteiger partial charge in [0.1, 0.15) is 11.6 Å². The molecule has 1 rings (SSSR count). The Morgan fingerprint density at radius 2 is 1.94 bits per heavy atom. The third-order valence-corrected chi connectivity index (χ3v) is 3.22. The fraction of sp³-hybridized carbons (Fsp3) is 0.846. The molecular formula is C13H23NO4. The van der Waals surface area contributed by atoms with Crippen LogP contribution in [0.1, 0.15) is 46.5 Å². The van der Waals surface area contributed by atoms with Crippen LogP contribution in [-0.2, 0) is 9.53 Å². The van der Waals surface area contributed by atoms with Crippen molar-refractivity contribution >= 4 is 12.1 Å². The highest BCUT2D eigenvalue weighted by molar-refractivity contribution is 5.80. The Morgan fingerprint density at radius 1 is 1.39 bits per heavy atom. The minimum atomic E-state index is -0.963. The Labute approximate surface area is 108 Å².